The van der Waals surface area contributed by atoms with Gasteiger partial charge in [-0.15, -0.1) is 0 Å². The van der Waals surface area contributed by atoms with Gasteiger partial charge in [0.25, 0.3) is 0 Å². The van der Waals surface area contributed by atoms with E-state index in [-0.39, 0.29) is 12.0 Å². The van der Waals surface area contributed by atoms with E-state index in [1.165, 1.54) is 11.1 Å². The Hall–Kier alpha value is -1.35. The molecule has 2 N–H and O–H groups in total. The number of aliphatic hydroxyl groups excluding tert-OH is 1. The molecule has 0 bridgehead atoms. The maximum absolute atomic E-state index is 10.1. The van der Waals surface area contributed by atoms with Gasteiger partial charge in [-0.1, -0.05) is 54.1 Å². The summed E-state index contributed by atoms with van der Waals surface area (Å²) in [5.41, 5.74) is 2.37. The molecule has 0 aliphatic carbocycles. The topological polar surface area (TPSA) is 32.3 Å². The molecule has 2 aromatic rings. The maximum Gasteiger partial charge on any atom is 0.0509 e. The molecule has 110 valence electrons. The summed E-state index contributed by atoms with van der Waals surface area (Å²) in [4.78, 5) is 0. The Kier molecular flexibility index (Phi) is 4.29. The summed E-state index contributed by atoms with van der Waals surface area (Å²) in [7, 11) is 0. The SMILES string of the molecule is OC[C@@]1(Cc2ccccc2)CNC[C@H]1c1ccc(Cl)cc1. The minimum Gasteiger partial charge on any atom is -0.396 e. The largest absolute Gasteiger partial charge is 0.396 e. The van der Waals surface area contributed by atoms with E-state index in [9.17, 15) is 5.11 Å². The van der Waals surface area contributed by atoms with Crippen molar-refractivity contribution in [2.45, 2.75) is 12.3 Å². The second-order valence-corrected chi connectivity index (χ2v) is 6.35. The van der Waals surface area contributed by atoms with Crippen LogP contribution in [0.2, 0.25) is 5.02 Å². The van der Waals surface area contributed by atoms with E-state index >= 15 is 0 Å². The molecule has 2 nitrogen and oxygen atoms in total. The lowest BCUT2D eigenvalue weighted by molar-refractivity contribution is 0.126. The molecule has 0 unspecified atom stereocenters. The van der Waals surface area contributed by atoms with Crippen molar-refractivity contribution in [1.82, 2.24) is 5.32 Å². The van der Waals surface area contributed by atoms with Gasteiger partial charge in [0.05, 0.1) is 6.61 Å². The van der Waals surface area contributed by atoms with Gasteiger partial charge in [-0.05, 0) is 29.7 Å². The number of hydrogen-bond acceptors (Lipinski definition) is 2. The Morgan fingerprint density at radius 1 is 1.10 bits per heavy atom. The van der Waals surface area contributed by atoms with E-state index in [0.29, 0.717) is 5.92 Å². The van der Waals surface area contributed by atoms with E-state index in [4.69, 9.17) is 11.6 Å². The second-order valence-electron chi connectivity index (χ2n) is 5.92. The third kappa shape index (κ3) is 2.98. The smallest absolute Gasteiger partial charge is 0.0509 e. The zero-order valence-electron chi connectivity index (χ0n) is 11.9. The summed E-state index contributed by atoms with van der Waals surface area (Å²) >= 11 is 5.99. The first-order valence-electron chi connectivity index (χ1n) is 7.34. The standard InChI is InChI=1S/C18H20ClNO/c19-16-8-6-15(7-9-16)17-11-20-12-18(17,13-21)10-14-4-2-1-3-5-14/h1-9,17,20-21H,10-13H2/t17-,18+/m0/s1. The molecule has 0 aromatic heterocycles. The van der Waals surface area contributed by atoms with Crippen molar-refractivity contribution in [3.05, 3.63) is 70.7 Å². The van der Waals surface area contributed by atoms with Crippen molar-refractivity contribution in [2.75, 3.05) is 19.7 Å². The number of hydrogen-bond donors (Lipinski definition) is 2. The lowest BCUT2D eigenvalue weighted by Gasteiger charge is -2.33. The van der Waals surface area contributed by atoms with Crippen LogP contribution in [0.1, 0.15) is 17.0 Å². The second kappa shape index (κ2) is 6.18. The normalized spacial score (nSPS) is 25.1. The highest BCUT2D eigenvalue weighted by Gasteiger charge is 2.43. The molecule has 3 heteroatoms. The Bertz CT molecular complexity index is 584. The minimum atomic E-state index is -0.144. The fourth-order valence-corrected chi connectivity index (χ4v) is 3.51. The molecule has 0 amide bonds. The number of halogens is 1. The van der Waals surface area contributed by atoms with Gasteiger partial charge >= 0.3 is 0 Å². The Balaban J connectivity index is 1.90. The Morgan fingerprint density at radius 3 is 2.48 bits per heavy atom. The predicted octanol–water partition coefficient (Wildman–Crippen LogP) is 3.25. The first-order valence-corrected chi connectivity index (χ1v) is 7.72. The molecular weight excluding hydrogens is 282 g/mol. The van der Waals surface area contributed by atoms with Crippen LogP contribution in [0.5, 0.6) is 0 Å². The average Bonchev–Trinajstić information content (AvgIpc) is 2.93. The fraction of sp³-hybridized carbons (Fsp3) is 0.333. The van der Waals surface area contributed by atoms with E-state index in [0.717, 1.165) is 24.5 Å². The van der Waals surface area contributed by atoms with Crippen LogP contribution in [0, 0.1) is 5.41 Å². The molecular formula is C18H20ClNO. The van der Waals surface area contributed by atoms with Gasteiger partial charge < -0.3 is 10.4 Å². The van der Waals surface area contributed by atoms with Gasteiger partial charge in [0.2, 0.25) is 0 Å². The highest BCUT2D eigenvalue weighted by Crippen LogP contribution is 2.41. The molecule has 2 atom stereocenters. The lowest BCUT2D eigenvalue weighted by Crippen LogP contribution is -2.35. The number of rotatable bonds is 4. The first-order chi connectivity index (χ1) is 10.2. The van der Waals surface area contributed by atoms with Gasteiger partial charge in [0, 0.05) is 29.4 Å². The fourth-order valence-electron chi connectivity index (χ4n) is 3.38. The maximum atomic E-state index is 10.1. The highest BCUT2D eigenvalue weighted by molar-refractivity contribution is 6.30. The molecule has 2 aromatic carbocycles. The molecule has 3 rings (SSSR count). The number of aliphatic hydroxyl groups is 1. The third-order valence-electron chi connectivity index (χ3n) is 4.55. The average molecular weight is 302 g/mol. The third-order valence-corrected chi connectivity index (χ3v) is 4.80. The molecule has 1 fully saturated rings. The van der Waals surface area contributed by atoms with Gasteiger partial charge in [-0.25, -0.2) is 0 Å². The molecule has 0 radical (unpaired) electrons. The molecule has 21 heavy (non-hydrogen) atoms. The summed E-state index contributed by atoms with van der Waals surface area (Å²) in [5, 5.41) is 14.3. The predicted molar refractivity (Wildman–Crippen MR) is 86.7 cm³/mol. The summed E-state index contributed by atoms with van der Waals surface area (Å²) in [6.07, 6.45) is 0.880. The van der Waals surface area contributed by atoms with Crippen molar-refractivity contribution >= 4 is 11.6 Å². The van der Waals surface area contributed by atoms with Gasteiger partial charge in [-0.3, -0.25) is 0 Å². The van der Waals surface area contributed by atoms with Crippen LogP contribution >= 0.6 is 11.6 Å². The summed E-state index contributed by atoms with van der Waals surface area (Å²) in [6, 6.07) is 18.4. The molecule has 1 saturated heterocycles. The summed E-state index contributed by atoms with van der Waals surface area (Å²) in [6.45, 7) is 1.92. The molecule has 0 saturated carbocycles. The quantitative estimate of drug-likeness (QED) is 0.908. The summed E-state index contributed by atoms with van der Waals surface area (Å²) < 4.78 is 0. The van der Waals surface area contributed by atoms with Crippen LogP contribution in [-0.4, -0.2) is 24.8 Å². The van der Waals surface area contributed by atoms with Gasteiger partial charge in [0.1, 0.15) is 0 Å². The van der Waals surface area contributed by atoms with E-state index in [2.05, 4.69) is 41.7 Å². The lowest BCUT2D eigenvalue weighted by atomic mass is 9.71. The van der Waals surface area contributed by atoms with Crippen molar-refractivity contribution in [1.29, 1.82) is 0 Å². The van der Waals surface area contributed by atoms with Gasteiger partial charge in [-0.2, -0.15) is 0 Å². The summed E-state index contributed by atoms with van der Waals surface area (Å²) in [5.74, 6) is 0.306. The Labute approximate surface area is 130 Å². The molecule has 0 spiro atoms. The highest BCUT2D eigenvalue weighted by atomic mass is 35.5. The van der Waals surface area contributed by atoms with E-state index in [1.807, 2.05) is 18.2 Å². The van der Waals surface area contributed by atoms with Crippen LogP contribution in [0.4, 0.5) is 0 Å². The zero-order valence-corrected chi connectivity index (χ0v) is 12.7. The molecule has 1 aliphatic heterocycles. The van der Waals surface area contributed by atoms with E-state index < -0.39 is 0 Å². The van der Waals surface area contributed by atoms with Crippen LogP contribution < -0.4 is 5.32 Å². The van der Waals surface area contributed by atoms with Crippen LogP contribution in [0.25, 0.3) is 0 Å². The monoisotopic (exact) mass is 301 g/mol. The Morgan fingerprint density at radius 2 is 1.81 bits per heavy atom. The molecule has 1 heterocycles. The van der Waals surface area contributed by atoms with E-state index in [1.54, 1.807) is 0 Å². The van der Waals surface area contributed by atoms with Crippen LogP contribution in [0.3, 0.4) is 0 Å². The van der Waals surface area contributed by atoms with Crippen LogP contribution in [0.15, 0.2) is 54.6 Å². The zero-order chi connectivity index (χ0) is 14.7. The number of benzene rings is 2. The van der Waals surface area contributed by atoms with Crippen molar-refractivity contribution in [2.24, 2.45) is 5.41 Å². The van der Waals surface area contributed by atoms with Crippen molar-refractivity contribution in [3.63, 3.8) is 0 Å². The number of nitrogens with one attached hydrogen (secondary N) is 1. The van der Waals surface area contributed by atoms with Crippen molar-refractivity contribution < 1.29 is 5.11 Å². The minimum absolute atomic E-state index is 0.144. The van der Waals surface area contributed by atoms with Crippen LogP contribution in [-0.2, 0) is 6.42 Å². The molecule has 1 aliphatic rings. The van der Waals surface area contributed by atoms with Crippen molar-refractivity contribution in [3.8, 4) is 0 Å². The van der Waals surface area contributed by atoms with Gasteiger partial charge in [0.15, 0.2) is 0 Å². The first kappa shape index (κ1) is 14.6.